The van der Waals surface area contributed by atoms with Crippen LogP contribution in [-0.4, -0.2) is 36.1 Å². The molecule has 1 aliphatic heterocycles. The van der Waals surface area contributed by atoms with Crippen molar-refractivity contribution in [2.75, 3.05) is 25.1 Å². The molecule has 1 saturated heterocycles. The first kappa shape index (κ1) is 13.1. The lowest BCUT2D eigenvalue weighted by Gasteiger charge is -2.32. The van der Waals surface area contributed by atoms with Gasteiger partial charge < -0.3 is 15.4 Å². The number of hydrogen-bond acceptors (Lipinski definition) is 5. The summed E-state index contributed by atoms with van der Waals surface area (Å²) >= 11 is 3.41. The molecule has 2 N–H and O–H groups in total. The summed E-state index contributed by atoms with van der Waals surface area (Å²) in [4.78, 5) is 21.6. The lowest BCUT2D eigenvalue weighted by Crippen LogP contribution is -2.41. The minimum atomic E-state index is -0.253. The number of amides is 1. The van der Waals surface area contributed by atoms with Crippen LogP contribution in [0.15, 0.2) is 10.7 Å². The predicted molar refractivity (Wildman–Crippen MR) is 70.4 cm³/mol. The molecule has 1 unspecified atom stereocenters. The standard InChI is InChI=1S/C11H15BrN4O2/c1-18-11-14-5-8(12)10(15-11)16-4-2-3-7(6-16)9(13)17/h5,7H,2-4,6H2,1H3,(H2,13,17). The molecule has 0 saturated carbocycles. The monoisotopic (exact) mass is 314 g/mol. The molecule has 18 heavy (non-hydrogen) atoms. The van der Waals surface area contributed by atoms with Crippen molar-refractivity contribution in [1.29, 1.82) is 0 Å². The van der Waals surface area contributed by atoms with Crippen LogP contribution < -0.4 is 15.4 Å². The molecule has 0 radical (unpaired) electrons. The van der Waals surface area contributed by atoms with Crippen LogP contribution >= 0.6 is 15.9 Å². The summed E-state index contributed by atoms with van der Waals surface area (Å²) in [6.45, 7) is 1.44. The van der Waals surface area contributed by atoms with Gasteiger partial charge in [-0.15, -0.1) is 0 Å². The molecule has 1 amide bonds. The molecule has 98 valence electrons. The Morgan fingerprint density at radius 3 is 3.11 bits per heavy atom. The molecular formula is C11H15BrN4O2. The van der Waals surface area contributed by atoms with Crippen molar-refractivity contribution in [1.82, 2.24) is 9.97 Å². The van der Waals surface area contributed by atoms with E-state index in [9.17, 15) is 4.79 Å². The van der Waals surface area contributed by atoms with Crippen LogP contribution in [0.3, 0.4) is 0 Å². The number of halogens is 1. The van der Waals surface area contributed by atoms with E-state index in [2.05, 4.69) is 25.9 Å². The minimum Gasteiger partial charge on any atom is -0.467 e. The number of methoxy groups -OCH3 is 1. The molecule has 1 aliphatic rings. The molecule has 0 aromatic carbocycles. The Morgan fingerprint density at radius 1 is 1.67 bits per heavy atom. The van der Waals surface area contributed by atoms with E-state index in [4.69, 9.17) is 10.5 Å². The number of primary amides is 1. The van der Waals surface area contributed by atoms with E-state index in [0.29, 0.717) is 12.6 Å². The summed E-state index contributed by atoms with van der Waals surface area (Å²) in [6, 6.07) is 0.314. The molecule has 2 rings (SSSR count). The third-order valence-corrected chi connectivity index (χ3v) is 3.57. The number of carbonyl (C=O) groups is 1. The van der Waals surface area contributed by atoms with E-state index in [1.165, 1.54) is 7.11 Å². The van der Waals surface area contributed by atoms with Crippen molar-refractivity contribution in [3.05, 3.63) is 10.7 Å². The first-order valence-corrected chi connectivity index (χ1v) is 6.52. The summed E-state index contributed by atoms with van der Waals surface area (Å²) in [5.74, 6) is 0.372. The Morgan fingerprint density at radius 2 is 2.44 bits per heavy atom. The summed E-state index contributed by atoms with van der Waals surface area (Å²) < 4.78 is 5.80. The van der Waals surface area contributed by atoms with E-state index in [0.717, 1.165) is 29.7 Å². The van der Waals surface area contributed by atoms with Gasteiger partial charge in [-0.05, 0) is 28.8 Å². The number of nitrogens with two attached hydrogens (primary N) is 1. The number of anilines is 1. The second-order valence-electron chi connectivity index (χ2n) is 4.22. The van der Waals surface area contributed by atoms with Crippen LogP contribution in [-0.2, 0) is 4.79 Å². The third-order valence-electron chi connectivity index (χ3n) is 3.01. The predicted octanol–water partition coefficient (Wildman–Crippen LogP) is 0.949. The SMILES string of the molecule is COc1ncc(Br)c(N2CCCC(C(N)=O)C2)n1. The average Bonchev–Trinajstić information content (AvgIpc) is 2.39. The summed E-state index contributed by atoms with van der Waals surface area (Å²) in [5, 5.41) is 0. The van der Waals surface area contributed by atoms with Crippen molar-refractivity contribution < 1.29 is 9.53 Å². The molecule has 1 aromatic heterocycles. The second kappa shape index (κ2) is 5.51. The van der Waals surface area contributed by atoms with Crippen molar-refractivity contribution in [3.63, 3.8) is 0 Å². The van der Waals surface area contributed by atoms with Gasteiger partial charge in [-0.25, -0.2) is 4.98 Å². The molecule has 7 heteroatoms. The number of rotatable bonds is 3. The highest BCUT2D eigenvalue weighted by molar-refractivity contribution is 9.10. The maximum absolute atomic E-state index is 11.3. The summed E-state index contributed by atoms with van der Waals surface area (Å²) in [7, 11) is 1.52. The van der Waals surface area contributed by atoms with Crippen LogP contribution in [0.2, 0.25) is 0 Å². The van der Waals surface area contributed by atoms with Crippen molar-refractivity contribution in [3.8, 4) is 6.01 Å². The van der Waals surface area contributed by atoms with E-state index in [1.807, 2.05) is 4.90 Å². The van der Waals surface area contributed by atoms with Gasteiger partial charge in [-0.2, -0.15) is 4.98 Å². The number of ether oxygens (including phenoxy) is 1. The van der Waals surface area contributed by atoms with Crippen molar-refractivity contribution in [2.24, 2.45) is 11.7 Å². The smallest absolute Gasteiger partial charge is 0.318 e. The second-order valence-corrected chi connectivity index (χ2v) is 5.07. The zero-order valence-corrected chi connectivity index (χ0v) is 11.7. The van der Waals surface area contributed by atoms with Crippen molar-refractivity contribution >= 4 is 27.7 Å². The third kappa shape index (κ3) is 2.72. The molecule has 1 atom stereocenters. The molecule has 6 nitrogen and oxygen atoms in total. The van der Waals surface area contributed by atoms with Gasteiger partial charge in [-0.1, -0.05) is 0 Å². The molecule has 0 aliphatic carbocycles. The van der Waals surface area contributed by atoms with Gasteiger partial charge in [0.2, 0.25) is 5.91 Å². The number of nitrogens with zero attached hydrogens (tertiary/aromatic N) is 3. The summed E-state index contributed by atoms with van der Waals surface area (Å²) in [5.41, 5.74) is 5.37. The molecular weight excluding hydrogens is 300 g/mol. The maximum atomic E-state index is 11.3. The minimum absolute atomic E-state index is 0.119. The van der Waals surface area contributed by atoms with Gasteiger partial charge in [-0.3, -0.25) is 4.79 Å². The molecule has 0 bridgehead atoms. The van der Waals surface area contributed by atoms with Gasteiger partial charge in [0, 0.05) is 13.1 Å². The Hall–Kier alpha value is -1.37. The topological polar surface area (TPSA) is 81.3 Å². The number of aromatic nitrogens is 2. The van der Waals surface area contributed by atoms with Crippen LogP contribution in [0.1, 0.15) is 12.8 Å². The van der Waals surface area contributed by atoms with Gasteiger partial charge in [0.15, 0.2) is 0 Å². The summed E-state index contributed by atoms with van der Waals surface area (Å²) in [6.07, 6.45) is 3.41. The highest BCUT2D eigenvalue weighted by Gasteiger charge is 2.26. The van der Waals surface area contributed by atoms with Crippen LogP contribution in [0.5, 0.6) is 6.01 Å². The van der Waals surface area contributed by atoms with Gasteiger partial charge in [0.25, 0.3) is 0 Å². The van der Waals surface area contributed by atoms with Crippen LogP contribution in [0.4, 0.5) is 5.82 Å². The fourth-order valence-electron chi connectivity index (χ4n) is 2.06. The first-order valence-electron chi connectivity index (χ1n) is 5.72. The normalized spacial score (nSPS) is 19.7. The van der Waals surface area contributed by atoms with Crippen LogP contribution in [0.25, 0.3) is 0 Å². The molecule has 2 heterocycles. The van der Waals surface area contributed by atoms with E-state index in [-0.39, 0.29) is 11.8 Å². The van der Waals surface area contributed by atoms with Gasteiger partial charge in [0.05, 0.1) is 23.7 Å². The Balaban J connectivity index is 2.22. The number of piperidine rings is 1. The zero-order valence-electron chi connectivity index (χ0n) is 10.1. The molecule has 1 fully saturated rings. The highest BCUT2D eigenvalue weighted by Crippen LogP contribution is 2.28. The van der Waals surface area contributed by atoms with E-state index in [1.54, 1.807) is 6.20 Å². The van der Waals surface area contributed by atoms with Crippen molar-refractivity contribution in [2.45, 2.75) is 12.8 Å². The Labute approximate surface area is 114 Å². The lowest BCUT2D eigenvalue weighted by atomic mass is 9.97. The fraction of sp³-hybridized carbons (Fsp3) is 0.545. The number of hydrogen-bond donors (Lipinski definition) is 1. The average molecular weight is 315 g/mol. The first-order chi connectivity index (χ1) is 8.61. The van der Waals surface area contributed by atoms with Crippen LogP contribution in [0, 0.1) is 5.92 Å². The largest absolute Gasteiger partial charge is 0.467 e. The quantitative estimate of drug-likeness (QED) is 0.898. The molecule has 1 aromatic rings. The Bertz CT molecular complexity index is 455. The molecule has 0 spiro atoms. The lowest BCUT2D eigenvalue weighted by molar-refractivity contribution is -0.122. The zero-order chi connectivity index (χ0) is 13.1. The fourth-order valence-corrected chi connectivity index (χ4v) is 2.51. The van der Waals surface area contributed by atoms with Gasteiger partial charge >= 0.3 is 6.01 Å². The van der Waals surface area contributed by atoms with E-state index >= 15 is 0 Å². The highest BCUT2D eigenvalue weighted by atomic mass is 79.9. The maximum Gasteiger partial charge on any atom is 0.318 e. The Kier molecular flexibility index (Phi) is 4.00. The van der Waals surface area contributed by atoms with Gasteiger partial charge in [0.1, 0.15) is 5.82 Å². The number of carbonyl (C=O) groups excluding carboxylic acids is 1. The van der Waals surface area contributed by atoms with E-state index < -0.39 is 0 Å².